The van der Waals surface area contributed by atoms with Crippen LogP contribution >= 0.6 is 0 Å². The summed E-state index contributed by atoms with van der Waals surface area (Å²) in [5.74, 6) is -3.33. The fourth-order valence-corrected chi connectivity index (χ4v) is 0.503. The van der Waals surface area contributed by atoms with Gasteiger partial charge in [-0.25, -0.2) is 0 Å². The third-order valence-corrected chi connectivity index (χ3v) is 0.970. The van der Waals surface area contributed by atoms with E-state index in [1.165, 1.54) is 0 Å². The Morgan fingerprint density at radius 1 is 1.45 bits per heavy atom. The first kappa shape index (κ1) is 10.3. The second kappa shape index (κ2) is 4.27. The second-order valence-corrected chi connectivity index (χ2v) is 2.08. The van der Waals surface area contributed by atoms with E-state index in [1.807, 2.05) is 0 Å². The first-order valence-corrected chi connectivity index (χ1v) is 3.28. The Kier molecular flexibility index (Phi) is 4.02. The lowest BCUT2D eigenvalue weighted by molar-refractivity contribution is -0.314. The van der Waals surface area contributed by atoms with Crippen LogP contribution in [0.5, 0.6) is 0 Å². The molecule has 11 heavy (non-hydrogen) atoms. The third kappa shape index (κ3) is 7.24. The highest BCUT2D eigenvalue weighted by atomic mass is 16.7. The number of esters is 1. The lowest BCUT2D eigenvalue weighted by atomic mass is 10.3. The van der Waals surface area contributed by atoms with Crippen molar-refractivity contribution in [2.45, 2.75) is 25.7 Å². The van der Waals surface area contributed by atoms with Gasteiger partial charge in [0.05, 0.1) is 13.0 Å². The van der Waals surface area contributed by atoms with Crippen LogP contribution in [0, 0.1) is 0 Å². The molecule has 5 nitrogen and oxygen atoms in total. The van der Waals surface area contributed by atoms with Gasteiger partial charge in [0.1, 0.15) is 0 Å². The lowest BCUT2D eigenvalue weighted by Gasteiger charge is -2.12. The lowest BCUT2D eigenvalue weighted by Crippen LogP contribution is -2.28. The van der Waals surface area contributed by atoms with E-state index in [2.05, 4.69) is 4.74 Å². The Morgan fingerprint density at radius 3 is 2.36 bits per heavy atom. The highest BCUT2D eigenvalue weighted by molar-refractivity contribution is 5.69. The molecule has 0 saturated carbocycles. The predicted molar refractivity (Wildman–Crippen MR) is 35.3 cm³/mol. The van der Waals surface area contributed by atoms with Crippen LogP contribution < -0.4 is 0 Å². The van der Waals surface area contributed by atoms with E-state index in [-0.39, 0.29) is 13.0 Å². The number of hydrogen-bond donors (Lipinski definition) is 3. The first-order chi connectivity index (χ1) is 4.95. The van der Waals surface area contributed by atoms with E-state index in [0.717, 1.165) is 0 Å². The molecule has 0 aromatic rings. The van der Waals surface area contributed by atoms with E-state index >= 15 is 0 Å². The monoisotopic (exact) mass is 164 g/mol. The summed E-state index contributed by atoms with van der Waals surface area (Å²) in [6, 6.07) is 0. The molecule has 0 aromatic carbocycles. The first-order valence-electron chi connectivity index (χ1n) is 3.28. The minimum Gasteiger partial charge on any atom is -0.466 e. The van der Waals surface area contributed by atoms with Crippen LogP contribution in [-0.4, -0.2) is 33.9 Å². The standard InChI is InChI=1S/C6H12O5/c1-2-11-5(7)3-4-6(8,9)10/h8-10H,2-4H2,1H3. The summed E-state index contributed by atoms with van der Waals surface area (Å²) in [6.45, 7) is 1.89. The maximum atomic E-state index is 10.5. The molecule has 0 rings (SSSR count). The van der Waals surface area contributed by atoms with E-state index in [9.17, 15) is 4.79 Å². The van der Waals surface area contributed by atoms with Crippen molar-refractivity contribution < 1.29 is 24.9 Å². The molecule has 0 radical (unpaired) electrons. The average Bonchev–Trinajstić information content (AvgIpc) is 1.83. The van der Waals surface area contributed by atoms with Gasteiger partial charge >= 0.3 is 5.97 Å². The number of ether oxygens (including phenoxy) is 1. The number of hydrogen-bond acceptors (Lipinski definition) is 5. The fraction of sp³-hybridized carbons (Fsp3) is 0.833. The van der Waals surface area contributed by atoms with E-state index in [1.54, 1.807) is 6.92 Å². The second-order valence-electron chi connectivity index (χ2n) is 2.08. The molecule has 0 aliphatic heterocycles. The summed E-state index contributed by atoms with van der Waals surface area (Å²) in [5, 5.41) is 25.0. The molecule has 5 heteroatoms. The molecule has 0 spiro atoms. The molecule has 0 unspecified atom stereocenters. The third-order valence-electron chi connectivity index (χ3n) is 0.970. The van der Waals surface area contributed by atoms with Gasteiger partial charge in [-0.05, 0) is 6.92 Å². The topological polar surface area (TPSA) is 87.0 Å². The summed E-state index contributed by atoms with van der Waals surface area (Å²) in [7, 11) is 0. The summed E-state index contributed by atoms with van der Waals surface area (Å²) in [5.41, 5.74) is 0. The van der Waals surface area contributed by atoms with Gasteiger partial charge in [0.25, 0.3) is 5.97 Å². The van der Waals surface area contributed by atoms with Crippen molar-refractivity contribution >= 4 is 5.97 Å². The van der Waals surface area contributed by atoms with Gasteiger partial charge in [-0.2, -0.15) is 0 Å². The zero-order valence-corrected chi connectivity index (χ0v) is 6.28. The van der Waals surface area contributed by atoms with Crippen LogP contribution in [0.25, 0.3) is 0 Å². The predicted octanol–water partition coefficient (Wildman–Crippen LogP) is -1.04. The molecule has 0 fully saturated rings. The van der Waals surface area contributed by atoms with Crippen molar-refractivity contribution in [1.29, 1.82) is 0 Å². The Bertz CT molecular complexity index is 125. The zero-order chi connectivity index (χ0) is 8.91. The SMILES string of the molecule is CCOC(=O)CCC(O)(O)O. The van der Waals surface area contributed by atoms with Gasteiger partial charge in [-0.1, -0.05) is 0 Å². The number of aliphatic hydroxyl groups is 3. The molecule has 0 saturated heterocycles. The molecule has 0 aliphatic carbocycles. The smallest absolute Gasteiger partial charge is 0.306 e. The molecule has 0 aromatic heterocycles. The highest BCUT2D eigenvalue weighted by Crippen LogP contribution is 2.04. The van der Waals surface area contributed by atoms with Crippen molar-refractivity contribution in [2.24, 2.45) is 0 Å². The molecular weight excluding hydrogens is 152 g/mol. The van der Waals surface area contributed by atoms with E-state index in [0.29, 0.717) is 0 Å². The molecular formula is C6H12O5. The van der Waals surface area contributed by atoms with Crippen LogP contribution in [0.4, 0.5) is 0 Å². The van der Waals surface area contributed by atoms with Crippen LogP contribution in [0.3, 0.4) is 0 Å². The molecule has 0 amide bonds. The molecule has 0 heterocycles. The van der Waals surface area contributed by atoms with Crippen LogP contribution in [0.15, 0.2) is 0 Å². The molecule has 0 bridgehead atoms. The van der Waals surface area contributed by atoms with E-state index < -0.39 is 18.4 Å². The van der Waals surface area contributed by atoms with Crippen molar-refractivity contribution in [2.75, 3.05) is 6.61 Å². The summed E-state index contributed by atoms with van der Waals surface area (Å²) in [4.78, 5) is 10.5. The van der Waals surface area contributed by atoms with Gasteiger partial charge in [0.2, 0.25) is 0 Å². The van der Waals surface area contributed by atoms with E-state index in [4.69, 9.17) is 15.3 Å². The summed E-state index contributed by atoms with van der Waals surface area (Å²) >= 11 is 0. The zero-order valence-electron chi connectivity index (χ0n) is 6.28. The van der Waals surface area contributed by atoms with Gasteiger partial charge in [-0.3, -0.25) is 4.79 Å². The normalized spacial score (nSPS) is 11.3. The summed E-state index contributed by atoms with van der Waals surface area (Å²) in [6.07, 6.45) is -0.650. The fourth-order valence-electron chi connectivity index (χ4n) is 0.503. The Balaban J connectivity index is 3.46. The van der Waals surface area contributed by atoms with Crippen molar-refractivity contribution in [3.05, 3.63) is 0 Å². The molecule has 3 N–H and O–H groups in total. The average molecular weight is 164 g/mol. The minimum absolute atomic E-state index is 0.211. The largest absolute Gasteiger partial charge is 0.466 e. The Hall–Kier alpha value is -0.650. The van der Waals surface area contributed by atoms with Gasteiger partial charge in [0, 0.05) is 6.42 Å². The molecule has 66 valence electrons. The number of carbonyl (C=O) groups excluding carboxylic acids is 1. The molecule has 0 aliphatic rings. The maximum Gasteiger partial charge on any atom is 0.306 e. The minimum atomic E-state index is -2.77. The Morgan fingerprint density at radius 2 is 2.00 bits per heavy atom. The molecule has 0 atom stereocenters. The van der Waals surface area contributed by atoms with Crippen LogP contribution in [-0.2, 0) is 9.53 Å². The van der Waals surface area contributed by atoms with Gasteiger partial charge in [0.15, 0.2) is 0 Å². The van der Waals surface area contributed by atoms with Crippen LogP contribution in [0.2, 0.25) is 0 Å². The number of rotatable bonds is 4. The van der Waals surface area contributed by atoms with Crippen molar-refractivity contribution in [3.63, 3.8) is 0 Å². The summed E-state index contributed by atoms with van der Waals surface area (Å²) < 4.78 is 4.46. The van der Waals surface area contributed by atoms with Crippen LogP contribution in [0.1, 0.15) is 19.8 Å². The maximum absolute atomic E-state index is 10.5. The van der Waals surface area contributed by atoms with Gasteiger partial charge in [-0.15, -0.1) is 0 Å². The number of carbonyl (C=O) groups is 1. The van der Waals surface area contributed by atoms with Crippen molar-refractivity contribution in [3.8, 4) is 0 Å². The van der Waals surface area contributed by atoms with Gasteiger partial charge < -0.3 is 20.1 Å². The quantitative estimate of drug-likeness (QED) is 0.365. The van der Waals surface area contributed by atoms with Crippen molar-refractivity contribution in [1.82, 2.24) is 0 Å². The Labute approximate surface area is 64.2 Å². The highest BCUT2D eigenvalue weighted by Gasteiger charge is 2.19.